The lowest BCUT2D eigenvalue weighted by molar-refractivity contribution is 0.0210. The van der Waals surface area contributed by atoms with Crippen molar-refractivity contribution in [3.8, 4) is 0 Å². The third kappa shape index (κ3) is 3.09. The topological polar surface area (TPSA) is 26.3 Å². The van der Waals surface area contributed by atoms with E-state index in [1.54, 1.807) is 0 Å². The van der Waals surface area contributed by atoms with Crippen molar-refractivity contribution in [2.24, 2.45) is 0 Å². The second-order valence-corrected chi connectivity index (χ2v) is 4.98. The highest BCUT2D eigenvalue weighted by atomic mass is 16.5. The maximum absolute atomic E-state index is 12.0. The van der Waals surface area contributed by atoms with Crippen LogP contribution in [0.3, 0.4) is 0 Å². The Morgan fingerprint density at radius 3 is 2.53 bits per heavy atom. The molecule has 1 saturated carbocycles. The molecule has 0 spiro atoms. The second-order valence-electron chi connectivity index (χ2n) is 4.98. The number of hydrogen-bond acceptors (Lipinski definition) is 2. The normalized spacial score (nSPS) is 16.8. The van der Waals surface area contributed by atoms with Crippen LogP contribution < -0.4 is 0 Å². The Labute approximate surface area is 103 Å². The van der Waals surface area contributed by atoms with Crippen molar-refractivity contribution >= 4 is 5.97 Å². The number of benzene rings is 1. The molecular weight excluding hydrogens is 212 g/mol. The van der Waals surface area contributed by atoms with Crippen LogP contribution in [0.4, 0.5) is 0 Å². The van der Waals surface area contributed by atoms with Gasteiger partial charge >= 0.3 is 5.97 Å². The van der Waals surface area contributed by atoms with Crippen LogP contribution in [0.5, 0.6) is 0 Å². The van der Waals surface area contributed by atoms with E-state index in [0.717, 1.165) is 18.4 Å². The summed E-state index contributed by atoms with van der Waals surface area (Å²) in [5.74, 6) is -0.158. The largest absolute Gasteiger partial charge is 0.459 e. The Hall–Kier alpha value is -1.31. The molecule has 0 heterocycles. The van der Waals surface area contributed by atoms with E-state index in [1.165, 1.54) is 24.8 Å². The first kappa shape index (κ1) is 12.2. The van der Waals surface area contributed by atoms with Gasteiger partial charge in [-0.1, -0.05) is 24.1 Å². The molecule has 0 aromatic heterocycles. The molecule has 0 bridgehead atoms. The quantitative estimate of drug-likeness (QED) is 0.725. The molecule has 0 atom stereocenters. The van der Waals surface area contributed by atoms with E-state index >= 15 is 0 Å². The van der Waals surface area contributed by atoms with Crippen LogP contribution in [0.15, 0.2) is 18.2 Å². The highest BCUT2D eigenvalue weighted by Gasteiger charge is 2.19. The number of carbonyl (C=O) groups is 1. The Morgan fingerprint density at radius 2 is 1.88 bits per heavy atom. The lowest BCUT2D eigenvalue weighted by Crippen LogP contribution is -2.21. The van der Waals surface area contributed by atoms with Gasteiger partial charge in [0.15, 0.2) is 0 Å². The van der Waals surface area contributed by atoms with Gasteiger partial charge in [0.2, 0.25) is 0 Å². The number of ether oxygens (including phenoxy) is 1. The van der Waals surface area contributed by atoms with Gasteiger partial charge in [0.05, 0.1) is 5.56 Å². The summed E-state index contributed by atoms with van der Waals surface area (Å²) in [4.78, 5) is 12.0. The SMILES string of the molecule is Cc1ccc(C(=O)OC2CCCCC2)c(C)c1. The third-order valence-corrected chi connectivity index (χ3v) is 3.43. The summed E-state index contributed by atoms with van der Waals surface area (Å²) in [6.45, 7) is 3.99. The number of aryl methyl sites for hydroxylation is 2. The predicted molar refractivity (Wildman–Crippen MR) is 68.2 cm³/mol. The molecule has 92 valence electrons. The van der Waals surface area contributed by atoms with Crippen LogP contribution in [0.1, 0.15) is 53.6 Å². The first-order chi connectivity index (χ1) is 8.16. The van der Waals surface area contributed by atoms with Crippen LogP contribution in [0.25, 0.3) is 0 Å². The maximum Gasteiger partial charge on any atom is 0.338 e. The first-order valence-corrected chi connectivity index (χ1v) is 6.45. The van der Waals surface area contributed by atoms with Gasteiger partial charge < -0.3 is 4.74 Å². The molecule has 1 aliphatic rings. The summed E-state index contributed by atoms with van der Waals surface area (Å²) in [5.41, 5.74) is 2.89. The molecule has 0 N–H and O–H groups in total. The van der Waals surface area contributed by atoms with Crippen molar-refractivity contribution in [3.05, 3.63) is 34.9 Å². The zero-order chi connectivity index (χ0) is 12.3. The van der Waals surface area contributed by atoms with Gasteiger partial charge in [-0.15, -0.1) is 0 Å². The average molecular weight is 232 g/mol. The minimum absolute atomic E-state index is 0.136. The van der Waals surface area contributed by atoms with E-state index in [9.17, 15) is 4.79 Å². The number of rotatable bonds is 2. The molecule has 0 unspecified atom stereocenters. The first-order valence-electron chi connectivity index (χ1n) is 6.45. The molecule has 1 aromatic rings. The fraction of sp³-hybridized carbons (Fsp3) is 0.533. The van der Waals surface area contributed by atoms with Crippen molar-refractivity contribution in [1.82, 2.24) is 0 Å². The Kier molecular flexibility index (Phi) is 3.82. The van der Waals surface area contributed by atoms with Gasteiger partial charge in [-0.05, 0) is 51.2 Å². The van der Waals surface area contributed by atoms with E-state index in [0.29, 0.717) is 5.56 Å². The highest BCUT2D eigenvalue weighted by molar-refractivity contribution is 5.91. The lowest BCUT2D eigenvalue weighted by atomic mass is 9.97. The molecule has 1 aromatic carbocycles. The molecule has 2 rings (SSSR count). The fourth-order valence-electron chi connectivity index (χ4n) is 2.44. The van der Waals surface area contributed by atoms with Crippen molar-refractivity contribution < 1.29 is 9.53 Å². The second kappa shape index (κ2) is 5.35. The minimum Gasteiger partial charge on any atom is -0.459 e. The molecule has 0 saturated heterocycles. The average Bonchev–Trinajstić information content (AvgIpc) is 2.30. The monoisotopic (exact) mass is 232 g/mol. The Morgan fingerprint density at radius 1 is 1.18 bits per heavy atom. The van der Waals surface area contributed by atoms with E-state index in [1.807, 2.05) is 32.0 Å². The molecule has 0 amide bonds. The van der Waals surface area contributed by atoms with Gasteiger partial charge in [0.1, 0.15) is 6.10 Å². The fourth-order valence-corrected chi connectivity index (χ4v) is 2.44. The van der Waals surface area contributed by atoms with Crippen LogP contribution >= 0.6 is 0 Å². The summed E-state index contributed by atoms with van der Waals surface area (Å²) in [5, 5.41) is 0. The predicted octanol–water partition coefficient (Wildman–Crippen LogP) is 3.79. The zero-order valence-electron chi connectivity index (χ0n) is 10.7. The number of hydrogen-bond donors (Lipinski definition) is 0. The zero-order valence-corrected chi connectivity index (χ0v) is 10.7. The van der Waals surface area contributed by atoms with Gasteiger partial charge in [-0.2, -0.15) is 0 Å². The van der Waals surface area contributed by atoms with Crippen molar-refractivity contribution in [2.75, 3.05) is 0 Å². The molecule has 17 heavy (non-hydrogen) atoms. The summed E-state index contributed by atoms with van der Waals surface area (Å²) in [6, 6.07) is 5.86. The van der Waals surface area contributed by atoms with Gasteiger partial charge in [0.25, 0.3) is 0 Å². The lowest BCUT2D eigenvalue weighted by Gasteiger charge is -2.22. The smallest absolute Gasteiger partial charge is 0.338 e. The molecule has 1 fully saturated rings. The molecule has 2 nitrogen and oxygen atoms in total. The van der Waals surface area contributed by atoms with Crippen molar-refractivity contribution in [1.29, 1.82) is 0 Å². The molecule has 2 heteroatoms. The van der Waals surface area contributed by atoms with Crippen LogP contribution in [0, 0.1) is 13.8 Å². The number of esters is 1. The Balaban J connectivity index is 2.03. The van der Waals surface area contributed by atoms with E-state index in [4.69, 9.17) is 4.74 Å². The third-order valence-electron chi connectivity index (χ3n) is 3.43. The standard InChI is InChI=1S/C15H20O2/c1-11-8-9-14(12(2)10-11)15(16)17-13-6-4-3-5-7-13/h8-10,13H,3-7H2,1-2H3. The Bertz CT molecular complexity index is 403. The molecule has 1 aliphatic carbocycles. The van der Waals surface area contributed by atoms with Crippen molar-refractivity contribution in [2.45, 2.75) is 52.1 Å². The van der Waals surface area contributed by atoms with E-state index < -0.39 is 0 Å². The summed E-state index contributed by atoms with van der Waals surface area (Å²) in [7, 11) is 0. The van der Waals surface area contributed by atoms with Crippen LogP contribution in [0.2, 0.25) is 0 Å². The van der Waals surface area contributed by atoms with Crippen molar-refractivity contribution in [3.63, 3.8) is 0 Å². The highest BCUT2D eigenvalue weighted by Crippen LogP contribution is 2.22. The van der Waals surface area contributed by atoms with Gasteiger partial charge in [0, 0.05) is 0 Å². The summed E-state index contributed by atoms with van der Waals surface area (Å²) < 4.78 is 5.56. The molecule has 0 aliphatic heterocycles. The van der Waals surface area contributed by atoms with E-state index in [2.05, 4.69) is 0 Å². The van der Waals surface area contributed by atoms with Crippen LogP contribution in [-0.4, -0.2) is 12.1 Å². The van der Waals surface area contributed by atoms with E-state index in [-0.39, 0.29) is 12.1 Å². The van der Waals surface area contributed by atoms with Crippen LogP contribution in [-0.2, 0) is 4.74 Å². The number of carbonyl (C=O) groups excluding carboxylic acids is 1. The van der Waals surface area contributed by atoms with Gasteiger partial charge in [-0.25, -0.2) is 4.79 Å². The minimum atomic E-state index is -0.158. The van der Waals surface area contributed by atoms with Gasteiger partial charge in [-0.3, -0.25) is 0 Å². The molecule has 0 radical (unpaired) electrons. The summed E-state index contributed by atoms with van der Waals surface area (Å²) in [6.07, 6.45) is 5.83. The summed E-state index contributed by atoms with van der Waals surface area (Å²) >= 11 is 0. The maximum atomic E-state index is 12.0. The molecular formula is C15H20O2.